The van der Waals surface area contributed by atoms with Crippen molar-refractivity contribution < 1.29 is 14.3 Å². The third-order valence-corrected chi connectivity index (χ3v) is 3.74. The molecule has 4 heteroatoms. The molecule has 0 aromatic heterocycles. The minimum absolute atomic E-state index is 0.00490. The number of carbonyl (C=O) groups is 1. The second kappa shape index (κ2) is 7.46. The Labute approximate surface area is 126 Å². The smallest absolute Gasteiger partial charge is 0.307 e. The Bertz CT molecular complexity index is 465. The molecule has 1 aromatic rings. The van der Waals surface area contributed by atoms with Gasteiger partial charge in [0.15, 0.2) is 0 Å². The normalized spacial score (nSPS) is 25.4. The van der Waals surface area contributed by atoms with Crippen molar-refractivity contribution in [1.82, 2.24) is 0 Å². The highest BCUT2D eigenvalue weighted by Crippen LogP contribution is 2.22. The molecule has 1 fully saturated rings. The molecule has 4 nitrogen and oxygen atoms in total. The van der Waals surface area contributed by atoms with Crippen LogP contribution in [0.3, 0.4) is 0 Å². The Hall–Kier alpha value is -1.55. The van der Waals surface area contributed by atoms with E-state index in [0.717, 1.165) is 18.5 Å². The lowest BCUT2D eigenvalue weighted by Crippen LogP contribution is -2.35. The van der Waals surface area contributed by atoms with Crippen molar-refractivity contribution in [3.8, 4) is 0 Å². The highest BCUT2D eigenvalue weighted by Gasteiger charge is 2.26. The number of nitrogens with one attached hydrogen (secondary N) is 1. The van der Waals surface area contributed by atoms with Gasteiger partial charge in [0.05, 0.1) is 18.6 Å². The number of esters is 1. The van der Waals surface area contributed by atoms with Gasteiger partial charge in [-0.1, -0.05) is 18.2 Å². The van der Waals surface area contributed by atoms with Crippen LogP contribution in [-0.2, 0) is 14.3 Å². The van der Waals surface area contributed by atoms with Crippen molar-refractivity contribution in [2.45, 2.75) is 58.3 Å². The zero-order valence-electron chi connectivity index (χ0n) is 13.1. The molecule has 0 amide bonds. The van der Waals surface area contributed by atoms with Crippen LogP contribution in [0.1, 0.15) is 38.7 Å². The lowest BCUT2D eigenvalue weighted by atomic mass is 10.0. The Kier molecular flexibility index (Phi) is 5.62. The fraction of sp³-hybridized carbons (Fsp3) is 0.588. The maximum absolute atomic E-state index is 11.9. The summed E-state index contributed by atoms with van der Waals surface area (Å²) < 4.78 is 11.2. The van der Waals surface area contributed by atoms with E-state index in [0.29, 0.717) is 13.0 Å². The molecule has 0 saturated carbocycles. The summed E-state index contributed by atoms with van der Waals surface area (Å²) in [5, 5.41) is 3.27. The van der Waals surface area contributed by atoms with E-state index in [1.54, 1.807) is 0 Å². The number of anilines is 1. The van der Waals surface area contributed by atoms with E-state index in [1.807, 2.05) is 45.0 Å². The highest BCUT2D eigenvalue weighted by atomic mass is 16.6. The number of rotatable bonds is 5. The number of para-hydroxylation sites is 1. The van der Waals surface area contributed by atoms with E-state index in [2.05, 4.69) is 5.32 Å². The zero-order chi connectivity index (χ0) is 15.2. The van der Waals surface area contributed by atoms with E-state index in [1.165, 1.54) is 5.56 Å². The first-order valence-corrected chi connectivity index (χ1v) is 7.69. The van der Waals surface area contributed by atoms with Crippen LogP contribution in [0.4, 0.5) is 5.69 Å². The number of carbonyl (C=O) groups excluding carboxylic acids is 1. The van der Waals surface area contributed by atoms with Gasteiger partial charge in [-0.15, -0.1) is 0 Å². The van der Waals surface area contributed by atoms with Gasteiger partial charge < -0.3 is 14.8 Å². The van der Waals surface area contributed by atoms with Crippen molar-refractivity contribution in [1.29, 1.82) is 0 Å². The summed E-state index contributed by atoms with van der Waals surface area (Å²) in [6.07, 6.45) is 2.29. The number of benzene rings is 1. The first-order valence-electron chi connectivity index (χ1n) is 7.69. The maximum Gasteiger partial charge on any atom is 0.307 e. The van der Waals surface area contributed by atoms with E-state index < -0.39 is 0 Å². The molecule has 1 N–H and O–H groups in total. The van der Waals surface area contributed by atoms with Crippen LogP contribution in [0, 0.1) is 6.92 Å². The first kappa shape index (κ1) is 15.8. The lowest BCUT2D eigenvalue weighted by molar-refractivity contribution is -0.159. The topological polar surface area (TPSA) is 47.6 Å². The van der Waals surface area contributed by atoms with E-state index in [-0.39, 0.29) is 24.3 Å². The van der Waals surface area contributed by atoms with Gasteiger partial charge >= 0.3 is 5.97 Å². The largest absolute Gasteiger partial charge is 0.462 e. The van der Waals surface area contributed by atoms with Crippen molar-refractivity contribution in [3.05, 3.63) is 29.8 Å². The second-order valence-corrected chi connectivity index (χ2v) is 5.83. The van der Waals surface area contributed by atoms with Gasteiger partial charge in [0.25, 0.3) is 0 Å². The molecule has 1 aromatic carbocycles. The molecule has 116 valence electrons. The minimum Gasteiger partial charge on any atom is -0.462 e. The summed E-state index contributed by atoms with van der Waals surface area (Å²) in [5.74, 6) is -0.137. The fourth-order valence-electron chi connectivity index (χ4n) is 2.76. The summed E-state index contributed by atoms with van der Waals surface area (Å²) in [6, 6.07) is 8.05. The molecule has 0 radical (unpaired) electrons. The monoisotopic (exact) mass is 291 g/mol. The summed E-state index contributed by atoms with van der Waals surface area (Å²) in [4.78, 5) is 11.9. The molecule has 1 aliphatic heterocycles. The SMILES string of the molecule is Cc1ccccc1NCCC(=O)OC1CC(C)OC(C)C1. The van der Waals surface area contributed by atoms with Crippen LogP contribution in [0.15, 0.2) is 24.3 Å². The van der Waals surface area contributed by atoms with Gasteiger partial charge in [-0.3, -0.25) is 4.79 Å². The predicted octanol–water partition coefficient (Wildman–Crippen LogP) is 3.30. The molecular formula is C17H25NO3. The summed E-state index contributed by atoms with van der Waals surface area (Å²) in [7, 11) is 0. The lowest BCUT2D eigenvalue weighted by Gasteiger charge is -2.31. The molecule has 0 aliphatic carbocycles. The van der Waals surface area contributed by atoms with Crippen LogP contribution in [-0.4, -0.2) is 30.8 Å². The number of aryl methyl sites for hydroxylation is 1. The van der Waals surface area contributed by atoms with Crippen LogP contribution in [0.2, 0.25) is 0 Å². The van der Waals surface area contributed by atoms with E-state index >= 15 is 0 Å². The van der Waals surface area contributed by atoms with Gasteiger partial charge in [-0.25, -0.2) is 0 Å². The highest BCUT2D eigenvalue weighted by molar-refractivity contribution is 5.70. The third-order valence-electron chi connectivity index (χ3n) is 3.74. The van der Waals surface area contributed by atoms with Crippen LogP contribution < -0.4 is 5.32 Å². The van der Waals surface area contributed by atoms with E-state index in [9.17, 15) is 4.79 Å². The number of ether oxygens (including phenoxy) is 2. The molecule has 2 rings (SSSR count). The van der Waals surface area contributed by atoms with Crippen molar-refractivity contribution in [2.24, 2.45) is 0 Å². The van der Waals surface area contributed by atoms with Crippen LogP contribution >= 0.6 is 0 Å². The molecule has 1 saturated heterocycles. The standard InChI is InChI=1S/C17H25NO3/c1-12-6-4-5-7-16(12)18-9-8-17(19)21-15-10-13(2)20-14(3)11-15/h4-7,13-15,18H,8-11H2,1-3H3. The van der Waals surface area contributed by atoms with Gasteiger partial charge in [0, 0.05) is 25.1 Å². The van der Waals surface area contributed by atoms with Crippen LogP contribution in [0.5, 0.6) is 0 Å². The molecular weight excluding hydrogens is 266 g/mol. The zero-order valence-corrected chi connectivity index (χ0v) is 13.1. The molecule has 2 atom stereocenters. The quantitative estimate of drug-likeness (QED) is 0.846. The maximum atomic E-state index is 11.9. The van der Waals surface area contributed by atoms with Crippen molar-refractivity contribution >= 4 is 11.7 Å². The third kappa shape index (κ3) is 5.05. The molecule has 1 aliphatic rings. The average molecular weight is 291 g/mol. The van der Waals surface area contributed by atoms with Crippen LogP contribution in [0.25, 0.3) is 0 Å². The van der Waals surface area contributed by atoms with Crippen molar-refractivity contribution in [2.75, 3.05) is 11.9 Å². The van der Waals surface area contributed by atoms with E-state index in [4.69, 9.17) is 9.47 Å². The molecule has 2 unspecified atom stereocenters. The first-order chi connectivity index (χ1) is 10.0. The van der Waals surface area contributed by atoms with Crippen molar-refractivity contribution in [3.63, 3.8) is 0 Å². The summed E-state index contributed by atoms with van der Waals surface area (Å²) >= 11 is 0. The number of hydrogen-bond acceptors (Lipinski definition) is 4. The second-order valence-electron chi connectivity index (χ2n) is 5.83. The molecule has 0 bridgehead atoms. The minimum atomic E-state index is -0.137. The number of hydrogen-bond donors (Lipinski definition) is 1. The summed E-state index contributed by atoms with van der Waals surface area (Å²) in [5.41, 5.74) is 2.25. The Balaban J connectivity index is 1.71. The molecule has 21 heavy (non-hydrogen) atoms. The van der Waals surface area contributed by atoms with Gasteiger partial charge in [0.1, 0.15) is 6.10 Å². The molecule has 1 heterocycles. The summed E-state index contributed by atoms with van der Waals surface area (Å²) in [6.45, 7) is 6.69. The fourth-order valence-corrected chi connectivity index (χ4v) is 2.76. The Morgan fingerprint density at radius 1 is 1.29 bits per heavy atom. The molecule has 0 spiro atoms. The Morgan fingerprint density at radius 3 is 2.62 bits per heavy atom. The Morgan fingerprint density at radius 2 is 1.95 bits per heavy atom. The van der Waals surface area contributed by atoms with Gasteiger partial charge in [-0.2, -0.15) is 0 Å². The predicted molar refractivity (Wildman–Crippen MR) is 83.4 cm³/mol. The van der Waals surface area contributed by atoms with Gasteiger partial charge in [0.2, 0.25) is 0 Å². The van der Waals surface area contributed by atoms with Gasteiger partial charge in [-0.05, 0) is 32.4 Å². The average Bonchev–Trinajstić information content (AvgIpc) is 2.39.